The minimum Gasteiger partial charge on any atom is -0.481 e. The number of nitrogens with zero attached hydrogens (tertiary/aromatic N) is 3. The molecule has 0 saturated carbocycles. The molecule has 0 unspecified atom stereocenters. The molecule has 152 valence electrons. The smallest absolute Gasteiger partial charge is 0.303 e. The Labute approximate surface area is 175 Å². The first-order chi connectivity index (χ1) is 14.5. The number of nitrogens with one attached hydrogen (secondary N) is 1. The molecule has 0 atom stereocenters. The number of carboxylic acids is 1. The lowest BCUT2D eigenvalue weighted by atomic mass is 10.1. The van der Waals surface area contributed by atoms with Crippen LogP contribution in [0, 0.1) is 6.92 Å². The van der Waals surface area contributed by atoms with E-state index in [4.69, 9.17) is 5.11 Å². The van der Waals surface area contributed by atoms with Gasteiger partial charge >= 0.3 is 5.97 Å². The van der Waals surface area contributed by atoms with E-state index in [1.54, 1.807) is 6.33 Å². The van der Waals surface area contributed by atoms with Crippen LogP contribution in [0.3, 0.4) is 0 Å². The standard InChI is InChI=1S/C24H24N4O2/c1-16-4-3-5-18(12-16)14-28(2)24-20-13-21(27-23(20)25-15-26-24)19-9-6-17(7-10-19)8-11-22(29)30/h3-7,9-10,12-13,15H,8,11,14H2,1-2H3,(H,29,30)(H,25,26,27). The monoisotopic (exact) mass is 400 g/mol. The Kier molecular flexibility index (Phi) is 5.48. The van der Waals surface area contributed by atoms with Gasteiger partial charge in [-0.2, -0.15) is 0 Å². The SMILES string of the molecule is Cc1cccc(CN(C)c2ncnc3[nH]c(-c4ccc(CCC(=O)O)cc4)cc23)c1. The molecule has 0 saturated heterocycles. The minimum atomic E-state index is -0.782. The fourth-order valence-corrected chi connectivity index (χ4v) is 3.65. The topological polar surface area (TPSA) is 82.1 Å². The van der Waals surface area contributed by atoms with E-state index in [0.29, 0.717) is 6.42 Å². The van der Waals surface area contributed by atoms with E-state index in [-0.39, 0.29) is 6.42 Å². The van der Waals surface area contributed by atoms with Crippen molar-refractivity contribution < 1.29 is 9.90 Å². The maximum absolute atomic E-state index is 10.8. The van der Waals surface area contributed by atoms with E-state index in [9.17, 15) is 4.79 Å². The number of anilines is 1. The summed E-state index contributed by atoms with van der Waals surface area (Å²) in [6, 6.07) is 18.5. The molecule has 6 nitrogen and oxygen atoms in total. The van der Waals surface area contributed by atoms with Crippen LogP contribution < -0.4 is 4.90 Å². The number of aryl methyl sites for hydroxylation is 2. The lowest BCUT2D eigenvalue weighted by Crippen LogP contribution is -2.18. The fourth-order valence-electron chi connectivity index (χ4n) is 3.65. The third kappa shape index (κ3) is 4.33. The summed E-state index contributed by atoms with van der Waals surface area (Å²) >= 11 is 0. The number of hydrogen-bond acceptors (Lipinski definition) is 4. The van der Waals surface area contributed by atoms with E-state index in [2.05, 4.69) is 57.1 Å². The fraction of sp³-hybridized carbons (Fsp3) is 0.208. The van der Waals surface area contributed by atoms with Gasteiger partial charge in [-0.15, -0.1) is 0 Å². The predicted octanol–water partition coefficient (Wildman–Crippen LogP) is 4.59. The number of aliphatic carboxylic acids is 1. The van der Waals surface area contributed by atoms with Crippen LogP contribution in [0.25, 0.3) is 22.3 Å². The van der Waals surface area contributed by atoms with Crippen LogP contribution in [0.2, 0.25) is 0 Å². The normalized spacial score (nSPS) is 11.0. The highest BCUT2D eigenvalue weighted by Crippen LogP contribution is 2.29. The third-order valence-electron chi connectivity index (χ3n) is 5.16. The first-order valence-corrected chi connectivity index (χ1v) is 9.91. The molecule has 0 aliphatic rings. The quantitative estimate of drug-likeness (QED) is 0.474. The zero-order chi connectivity index (χ0) is 21.1. The van der Waals surface area contributed by atoms with E-state index in [1.165, 1.54) is 11.1 Å². The largest absolute Gasteiger partial charge is 0.481 e. The van der Waals surface area contributed by atoms with Crippen LogP contribution in [-0.4, -0.2) is 33.1 Å². The lowest BCUT2D eigenvalue weighted by Gasteiger charge is -2.19. The van der Waals surface area contributed by atoms with Crippen LogP contribution in [-0.2, 0) is 17.8 Å². The third-order valence-corrected chi connectivity index (χ3v) is 5.16. The first kappa shape index (κ1) is 19.6. The van der Waals surface area contributed by atoms with Gasteiger partial charge in [0.15, 0.2) is 0 Å². The molecular formula is C24H24N4O2. The Balaban J connectivity index is 1.59. The number of aromatic nitrogens is 3. The molecule has 6 heteroatoms. The van der Waals surface area contributed by atoms with Gasteiger partial charge in [-0.05, 0) is 36.1 Å². The van der Waals surface area contributed by atoms with Crippen molar-refractivity contribution >= 4 is 22.8 Å². The van der Waals surface area contributed by atoms with Crippen LogP contribution in [0.15, 0.2) is 60.9 Å². The highest BCUT2D eigenvalue weighted by Gasteiger charge is 2.13. The van der Waals surface area contributed by atoms with Gasteiger partial charge in [0.1, 0.15) is 17.8 Å². The molecule has 2 aromatic heterocycles. The highest BCUT2D eigenvalue weighted by molar-refractivity contribution is 5.91. The highest BCUT2D eigenvalue weighted by atomic mass is 16.4. The van der Waals surface area contributed by atoms with Crippen LogP contribution in [0.4, 0.5) is 5.82 Å². The Morgan fingerprint density at radius 1 is 1.07 bits per heavy atom. The summed E-state index contributed by atoms with van der Waals surface area (Å²) in [5.74, 6) is 0.0951. The van der Waals surface area contributed by atoms with Gasteiger partial charge in [0.05, 0.1) is 5.39 Å². The number of H-pyrrole nitrogens is 1. The molecule has 30 heavy (non-hydrogen) atoms. The summed E-state index contributed by atoms with van der Waals surface area (Å²) in [7, 11) is 2.04. The van der Waals surface area contributed by atoms with Gasteiger partial charge in [0.2, 0.25) is 0 Å². The summed E-state index contributed by atoms with van der Waals surface area (Å²) in [5, 5.41) is 9.81. The average molecular weight is 400 g/mol. The van der Waals surface area contributed by atoms with Gasteiger partial charge in [0.25, 0.3) is 0 Å². The number of carbonyl (C=O) groups is 1. The Morgan fingerprint density at radius 2 is 1.87 bits per heavy atom. The van der Waals surface area contributed by atoms with Gasteiger partial charge in [-0.1, -0.05) is 54.1 Å². The minimum absolute atomic E-state index is 0.137. The molecule has 2 aromatic carbocycles. The summed E-state index contributed by atoms with van der Waals surface area (Å²) in [6.45, 7) is 2.85. The van der Waals surface area contributed by atoms with Gasteiger partial charge in [-0.25, -0.2) is 9.97 Å². The molecule has 4 rings (SSSR count). The second-order valence-electron chi connectivity index (χ2n) is 7.58. The maximum atomic E-state index is 10.8. The van der Waals surface area contributed by atoms with Gasteiger partial charge < -0.3 is 15.0 Å². The zero-order valence-electron chi connectivity index (χ0n) is 17.1. The summed E-state index contributed by atoms with van der Waals surface area (Å²) in [6.07, 6.45) is 2.25. The summed E-state index contributed by atoms with van der Waals surface area (Å²) in [4.78, 5) is 25.2. The van der Waals surface area contributed by atoms with Crippen molar-refractivity contribution in [1.82, 2.24) is 15.0 Å². The summed E-state index contributed by atoms with van der Waals surface area (Å²) < 4.78 is 0. The van der Waals surface area contributed by atoms with E-state index in [0.717, 1.165) is 40.2 Å². The molecule has 2 N–H and O–H groups in total. The number of rotatable bonds is 7. The summed E-state index contributed by atoms with van der Waals surface area (Å²) in [5.41, 5.74) is 6.26. The molecule has 0 amide bonds. The van der Waals surface area contributed by atoms with E-state index < -0.39 is 5.97 Å². The van der Waals surface area contributed by atoms with E-state index >= 15 is 0 Å². The van der Waals surface area contributed by atoms with Crippen molar-refractivity contribution in [1.29, 1.82) is 0 Å². The van der Waals surface area contributed by atoms with Crippen LogP contribution in [0.5, 0.6) is 0 Å². The Morgan fingerprint density at radius 3 is 2.60 bits per heavy atom. The predicted molar refractivity (Wildman–Crippen MR) is 119 cm³/mol. The number of carboxylic acid groups (broad SMARTS) is 1. The van der Waals surface area contributed by atoms with Crippen molar-refractivity contribution in [3.63, 3.8) is 0 Å². The number of hydrogen-bond donors (Lipinski definition) is 2. The lowest BCUT2D eigenvalue weighted by molar-refractivity contribution is -0.136. The molecule has 2 heterocycles. The van der Waals surface area contributed by atoms with Gasteiger partial charge in [0, 0.05) is 25.7 Å². The zero-order valence-corrected chi connectivity index (χ0v) is 17.1. The molecule has 0 aliphatic carbocycles. The maximum Gasteiger partial charge on any atom is 0.303 e. The molecule has 0 spiro atoms. The van der Waals surface area contributed by atoms with Crippen molar-refractivity contribution in [2.24, 2.45) is 0 Å². The van der Waals surface area contributed by atoms with Crippen LogP contribution in [0.1, 0.15) is 23.1 Å². The Hall–Kier alpha value is -3.67. The van der Waals surface area contributed by atoms with Gasteiger partial charge in [-0.3, -0.25) is 4.79 Å². The number of aromatic amines is 1. The number of fused-ring (bicyclic) bond motifs is 1. The van der Waals surface area contributed by atoms with Crippen molar-refractivity contribution in [2.75, 3.05) is 11.9 Å². The Bertz CT molecular complexity index is 1180. The average Bonchev–Trinajstić information content (AvgIpc) is 3.17. The molecule has 0 radical (unpaired) electrons. The number of benzene rings is 2. The van der Waals surface area contributed by atoms with E-state index in [1.807, 2.05) is 31.3 Å². The first-order valence-electron chi connectivity index (χ1n) is 9.91. The second-order valence-corrected chi connectivity index (χ2v) is 7.58. The molecule has 0 aliphatic heterocycles. The molecule has 0 bridgehead atoms. The van der Waals surface area contributed by atoms with Crippen molar-refractivity contribution in [3.05, 3.63) is 77.6 Å². The van der Waals surface area contributed by atoms with Crippen molar-refractivity contribution in [2.45, 2.75) is 26.3 Å². The second kappa shape index (κ2) is 8.37. The van der Waals surface area contributed by atoms with Crippen LogP contribution >= 0.6 is 0 Å². The molecular weight excluding hydrogens is 376 g/mol. The molecule has 0 fully saturated rings. The molecule has 4 aromatic rings. The van der Waals surface area contributed by atoms with Crippen molar-refractivity contribution in [3.8, 4) is 11.3 Å².